The van der Waals surface area contributed by atoms with E-state index in [9.17, 15) is 0 Å². The van der Waals surface area contributed by atoms with E-state index in [0.717, 1.165) is 25.3 Å². The van der Waals surface area contributed by atoms with Gasteiger partial charge >= 0.3 is 0 Å². The summed E-state index contributed by atoms with van der Waals surface area (Å²) in [6.45, 7) is 1.84. The number of nitrogen functional groups attached to an aromatic ring is 1. The Hall–Kier alpha value is -2.17. The maximum atomic E-state index is 5.57. The molecule has 0 spiro atoms. The summed E-state index contributed by atoms with van der Waals surface area (Å²) in [5.41, 5.74) is 6.76. The molecule has 5 heteroatoms. The van der Waals surface area contributed by atoms with Crippen molar-refractivity contribution in [2.45, 2.75) is 13.0 Å². The lowest BCUT2D eigenvalue weighted by molar-refractivity contribution is 0.415. The first kappa shape index (κ1) is 13.3. The van der Waals surface area contributed by atoms with Crippen LogP contribution in [0.25, 0.3) is 0 Å². The molecular weight excluding hydrogens is 240 g/mol. The Morgan fingerprint density at radius 1 is 1.26 bits per heavy atom. The van der Waals surface area contributed by atoms with E-state index in [0.29, 0.717) is 5.82 Å². The second-order valence-electron chi connectivity index (χ2n) is 4.48. The highest BCUT2D eigenvalue weighted by Gasteiger charge is 2.02. The molecule has 0 aliphatic rings. The SMILES string of the molecule is COc1ccc(N(C)CCCn2ccc(N)n2)cc1. The van der Waals surface area contributed by atoms with Gasteiger partial charge in [0.05, 0.1) is 7.11 Å². The minimum atomic E-state index is 0.573. The molecule has 0 fully saturated rings. The first-order valence-electron chi connectivity index (χ1n) is 6.33. The lowest BCUT2D eigenvalue weighted by Gasteiger charge is -2.19. The number of aromatic nitrogens is 2. The van der Waals surface area contributed by atoms with Crippen molar-refractivity contribution in [1.82, 2.24) is 9.78 Å². The van der Waals surface area contributed by atoms with Crippen molar-refractivity contribution in [3.05, 3.63) is 36.5 Å². The third-order valence-corrected chi connectivity index (χ3v) is 3.06. The first-order chi connectivity index (χ1) is 9.19. The molecule has 2 N–H and O–H groups in total. The first-order valence-corrected chi connectivity index (χ1v) is 6.33. The minimum Gasteiger partial charge on any atom is -0.497 e. The van der Waals surface area contributed by atoms with Crippen LogP contribution in [-0.4, -0.2) is 30.5 Å². The van der Waals surface area contributed by atoms with Gasteiger partial charge in [0.1, 0.15) is 11.6 Å². The quantitative estimate of drug-likeness (QED) is 0.863. The van der Waals surface area contributed by atoms with Crippen LogP contribution in [0.3, 0.4) is 0 Å². The smallest absolute Gasteiger partial charge is 0.145 e. The normalized spacial score (nSPS) is 10.4. The second-order valence-corrected chi connectivity index (χ2v) is 4.48. The zero-order valence-electron chi connectivity index (χ0n) is 11.4. The molecular formula is C14H20N4O. The van der Waals surface area contributed by atoms with Crippen molar-refractivity contribution >= 4 is 11.5 Å². The van der Waals surface area contributed by atoms with E-state index in [1.807, 2.05) is 29.1 Å². The predicted octanol–water partition coefficient (Wildman–Crippen LogP) is 2.00. The maximum Gasteiger partial charge on any atom is 0.145 e. The van der Waals surface area contributed by atoms with Crippen LogP contribution in [0.1, 0.15) is 6.42 Å². The summed E-state index contributed by atoms with van der Waals surface area (Å²) in [5, 5.41) is 4.16. The molecule has 1 aromatic heterocycles. The number of aryl methyl sites for hydroxylation is 1. The predicted molar refractivity (Wildman–Crippen MR) is 77.5 cm³/mol. The highest BCUT2D eigenvalue weighted by molar-refractivity contribution is 5.48. The molecule has 102 valence electrons. The molecule has 0 radical (unpaired) electrons. The Kier molecular flexibility index (Phi) is 4.28. The summed E-state index contributed by atoms with van der Waals surface area (Å²) in [5.74, 6) is 1.45. The molecule has 2 aromatic rings. The van der Waals surface area contributed by atoms with Crippen molar-refractivity contribution < 1.29 is 4.74 Å². The lowest BCUT2D eigenvalue weighted by Crippen LogP contribution is -2.19. The summed E-state index contributed by atoms with van der Waals surface area (Å²) < 4.78 is 7.02. The molecule has 0 bridgehead atoms. The van der Waals surface area contributed by atoms with Gasteiger partial charge in [-0.2, -0.15) is 5.10 Å². The van der Waals surface area contributed by atoms with Crippen LogP contribution in [0, 0.1) is 0 Å². The fraction of sp³-hybridized carbons (Fsp3) is 0.357. The van der Waals surface area contributed by atoms with Crippen molar-refractivity contribution in [2.24, 2.45) is 0 Å². The van der Waals surface area contributed by atoms with Crippen LogP contribution < -0.4 is 15.4 Å². The number of ether oxygens (including phenoxy) is 1. The van der Waals surface area contributed by atoms with E-state index in [4.69, 9.17) is 10.5 Å². The Morgan fingerprint density at radius 2 is 2.00 bits per heavy atom. The number of nitrogens with zero attached hydrogens (tertiary/aromatic N) is 3. The number of hydrogen-bond acceptors (Lipinski definition) is 4. The summed E-state index contributed by atoms with van der Waals surface area (Å²) in [6, 6.07) is 9.88. The number of hydrogen-bond donors (Lipinski definition) is 1. The molecule has 0 unspecified atom stereocenters. The van der Waals surface area contributed by atoms with E-state index in [2.05, 4.69) is 29.2 Å². The second kappa shape index (κ2) is 6.13. The summed E-state index contributed by atoms with van der Waals surface area (Å²) in [6.07, 6.45) is 2.92. The van der Waals surface area contributed by atoms with Gasteiger partial charge in [0, 0.05) is 32.0 Å². The highest BCUT2D eigenvalue weighted by atomic mass is 16.5. The Bertz CT molecular complexity index is 506. The molecule has 1 heterocycles. The molecule has 5 nitrogen and oxygen atoms in total. The van der Waals surface area contributed by atoms with Gasteiger partial charge in [-0.15, -0.1) is 0 Å². The van der Waals surface area contributed by atoms with Crippen LogP contribution in [0.4, 0.5) is 11.5 Å². The number of rotatable bonds is 6. The van der Waals surface area contributed by atoms with Gasteiger partial charge in [-0.05, 0) is 36.8 Å². The molecule has 0 aliphatic carbocycles. The minimum absolute atomic E-state index is 0.573. The van der Waals surface area contributed by atoms with Crippen LogP contribution >= 0.6 is 0 Å². The highest BCUT2D eigenvalue weighted by Crippen LogP contribution is 2.18. The van der Waals surface area contributed by atoms with Crippen molar-refractivity contribution in [3.8, 4) is 5.75 Å². The molecule has 2 rings (SSSR count). The number of methoxy groups -OCH3 is 1. The van der Waals surface area contributed by atoms with Crippen LogP contribution in [-0.2, 0) is 6.54 Å². The topological polar surface area (TPSA) is 56.3 Å². The number of benzene rings is 1. The van der Waals surface area contributed by atoms with Gasteiger partial charge < -0.3 is 15.4 Å². The van der Waals surface area contributed by atoms with E-state index in [1.165, 1.54) is 5.69 Å². The number of anilines is 2. The van der Waals surface area contributed by atoms with Gasteiger partial charge in [0.2, 0.25) is 0 Å². The fourth-order valence-electron chi connectivity index (χ4n) is 1.94. The third kappa shape index (κ3) is 3.64. The van der Waals surface area contributed by atoms with Crippen molar-refractivity contribution in [2.75, 3.05) is 31.3 Å². The van der Waals surface area contributed by atoms with Gasteiger partial charge in [0.25, 0.3) is 0 Å². The summed E-state index contributed by atoms with van der Waals surface area (Å²) in [4.78, 5) is 2.21. The van der Waals surface area contributed by atoms with Crippen molar-refractivity contribution in [1.29, 1.82) is 0 Å². The molecule has 0 saturated heterocycles. The maximum absolute atomic E-state index is 5.57. The van der Waals surface area contributed by atoms with E-state index >= 15 is 0 Å². The molecule has 19 heavy (non-hydrogen) atoms. The molecule has 0 aliphatic heterocycles. The lowest BCUT2D eigenvalue weighted by atomic mass is 10.2. The van der Waals surface area contributed by atoms with Crippen molar-refractivity contribution in [3.63, 3.8) is 0 Å². The Balaban J connectivity index is 1.81. The van der Waals surface area contributed by atoms with Gasteiger partial charge in [-0.25, -0.2) is 0 Å². The Labute approximate surface area is 113 Å². The summed E-state index contributed by atoms with van der Waals surface area (Å²) in [7, 11) is 3.76. The third-order valence-electron chi connectivity index (χ3n) is 3.06. The van der Waals surface area contributed by atoms with E-state index in [1.54, 1.807) is 7.11 Å². The van der Waals surface area contributed by atoms with Crippen LogP contribution in [0.5, 0.6) is 5.75 Å². The zero-order valence-corrected chi connectivity index (χ0v) is 11.4. The van der Waals surface area contributed by atoms with Gasteiger partial charge in [0.15, 0.2) is 0 Å². The monoisotopic (exact) mass is 260 g/mol. The summed E-state index contributed by atoms with van der Waals surface area (Å²) >= 11 is 0. The fourth-order valence-corrected chi connectivity index (χ4v) is 1.94. The van der Waals surface area contributed by atoms with E-state index < -0.39 is 0 Å². The van der Waals surface area contributed by atoms with Crippen LogP contribution in [0.15, 0.2) is 36.5 Å². The zero-order chi connectivity index (χ0) is 13.7. The Morgan fingerprint density at radius 3 is 2.58 bits per heavy atom. The van der Waals surface area contributed by atoms with Gasteiger partial charge in [-0.3, -0.25) is 4.68 Å². The largest absolute Gasteiger partial charge is 0.497 e. The molecule has 0 atom stereocenters. The molecule has 1 aromatic carbocycles. The average Bonchev–Trinajstić information content (AvgIpc) is 2.84. The molecule has 0 amide bonds. The van der Waals surface area contributed by atoms with Gasteiger partial charge in [-0.1, -0.05) is 0 Å². The van der Waals surface area contributed by atoms with Crippen LogP contribution in [0.2, 0.25) is 0 Å². The standard InChI is InChI=1S/C14H20N4O/c1-17(12-4-6-13(19-2)7-5-12)9-3-10-18-11-8-14(15)16-18/h4-8,11H,3,9-10H2,1-2H3,(H2,15,16). The average molecular weight is 260 g/mol. The van der Waals surface area contributed by atoms with E-state index in [-0.39, 0.29) is 0 Å². The molecule has 0 saturated carbocycles. The number of nitrogens with two attached hydrogens (primary N) is 1.